The van der Waals surface area contributed by atoms with Gasteiger partial charge in [-0.1, -0.05) is 0 Å². The fourth-order valence-electron chi connectivity index (χ4n) is 0. The first-order chi connectivity index (χ1) is 2.00. The van der Waals surface area contributed by atoms with E-state index >= 15 is 0 Å². The van der Waals surface area contributed by atoms with Crippen molar-refractivity contribution >= 4 is 10.6 Å². The SMILES string of the molecule is [F][Fe].[S]=[Fe]. The molecule has 0 aliphatic carbocycles. The molecule has 4 heavy (non-hydrogen) atoms. The standard InChI is InChI=1S/FH.2Fe.S/h1H;;;/q;;+1;/p-1. The summed E-state index contributed by atoms with van der Waals surface area (Å²) < 4.78 is 9.25. The van der Waals surface area contributed by atoms with Crippen LogP contribution in [0.15, 0.2) is 0 Å². The molecule has 0 spiro atoms. The molecule has 4 heteroatoms. The molecule has 0 radical (unpaired) electrons. The number of hydrogen-bond donors (Lipinski definition) is 0. The van der Waals surface area contributed by atoms with E-state index in [0.29, 0.717) is 0 Å². The number of hydrogen-bond acceptors (Lipinski definition) is 1. The van der Waals surface area contributed by atoms with Crippen molar-refractivity contribution in [3.05, 3.63) is 0 Å². The molecule has 0 amide bonds. The Morgan fingerprint density at radius 3 is 1.25 bits per heavy atom. The molecule has 0 aliphatic heterocycles. The van der Waals surface area contributed by atoms with Crippen LogP contribution in [0, 0.1) is 0 Å². The van der Waals surface area contributed by atoms with Crippen LogP contribution in [0.25, 0.3) is 0 Å². The summed E-state index contributed by atoms with van der Waals surface area (Å²) in [4.78, 5) is 0. The monoisotopic (exact) mass is 163 g/mol. The van der Waals surface area contributed by atoms with Gasteiger partial charge in [0, 0.05) is 0 Å². The average molecular weight is 163 g/mol. The normalized spacial score (nSPS) is 2.75. The van der Waals surface area contributed by atoms with E-state index in [2.05, 4.69) is 24.9 Å². The van der Waals surface area contributed by atoms with Gasteiger partial charge in [-0.05, 0) is 0 Å². The Morgan fingerprint density at radius 1 is 1.25 bits per heavy atom. The van der Waals surface area contributed by atoms with Crippen LogP contribution in [0.2, 0.25) is 0 Å². The van der Waals surface area contributed by atoms with Gasteiger partial charge in [-0.2, -0.15) is 0 Å². The molecule has 0 aromatic heterocycles. The summed E-state index contributed by atoms with van der Waals surface area (Å²) in [6.45, 7) is 0. The fraction of sp³-hybridized carbons (Fsp3) is 0. The first-order valence-electron chi connectivity index (χ1n) is 0.278. The van der Waals surface area contributed by atoms with Crippen molar-refractivity contribution in [1.82, 2.24) is 0 Å². The Hall–Kier alpha value is 1.19. The molecule has 0 N–H and O–H groups in total. The molecule has 0 fully saturated rings. The molecule has 0 aliphatic rings. The van der Waals surface area contributed by atoms with E-state index in [-0.39, 0.29) is 0 Å². The zero-order valence-corrected chi connectivity index (χ0v) is 4.52. The Bertz CT molecular complexity index is 6.00. The van der Waals surface area contributed by atoms with Crippen LogP contribution in [-0.2, 0) is 30.9 Å². The van der Waals surface area contributed by atoms with Gasteiger partial charge in [0.1, 0.15) is 0 Å². The van der Waals surface area contributed by atoms with Gasteiger partial charge in [-0.25, -0.2) is 0 Å². The Morgan fingerprint density at radius 2 is 1.25 bits per heavy atom. The third-order valence-corrected chi connectivity index (χ3v) is 0. The molecule has 0 unspecified atom stereocenters. The predicted molar refractivity (Wildman–Crippen MR) is 8.70 cm³/mol. The van der Waals surface area contributed by atoms with Crippen molar-refractivity contribution in [3.8, 4) is 0 Å². The van der Waals surface area contributed by atoms with Crippen molar-refractivity contribution in [2.45, 2.75) is 0 Å². The quantitative estimate of drug-likeness (QED) is 0.481. The van der Waals surface area contributed by atoms with Crippen LogP contribution in [0.4, 0.5) is 3.55 Å². The Labute approximate surface area is 45.1 Å². The van der Waals surface area contributed by atoms with E-state index in [0.717, 1.165) is 0 Å². The van der Waals surface area contributed by atoms with Crippen LogP contribution < -0.4 is 0 Å². The van der Waals surface area contributed by atoms with Gasteiger partial charge < -0.3 is 0 Å². The predicted octanol–water partition coefficient (Wildman–Crippen LogP) is 1.06. The van der Waals surface area contributed by atoms with Crippen LogP contribution in [0.5, 0.6) is 0 Å². The van der Waals surface area contributed by atoms with Gasteiger partial charge in [-0.15, -0.1) is 0 Å². The van der Waals surface area contributed by atoms with Crippen LogP contribution in [0.1, 0.15) is 0 Å². The van der Waals surface area contributed by atoms with Gasteiger partial charge >= 0.3 is 45.0 Å². The fourth-order valence-corrected chi connectivity index (χ4v) is 0. The van der Waals surface area contributed by atoms with Crippen molar-refractivity contribution in [1.29, 1.82) is 0 Å². The maximum atomic E-state index is 9.25. The van der Waals surface area contributed by atoms with Gasteiger partial charge in [-0.3, -0.25) is 0 Å². The summed E-state index contributed by atoms with van der Waals surface area (Å²) in [6, 6.07) is 0. The van der Waals surface area contributed by atoms with E-state index in [1.165, 1.54) is 0 Å². The van der Waals surface area contributed by atoms with E-state index in [1.54, 1.807) is 16.5 Å². The molecule has 0 atom stereocenters. The summed E-state index contributed by atoms with van der Waals surface area (Å²) >= 11 is 4.58. The summed E-state index contributed by atoms with van der Waals surface area (Å²) in [7, 11) is 3.83. The molecular weight excluding hydrogens is 163 g/mol. The first-order valence-corrected chi connectivity index (χ1v) is 2.34. The van der Waals surface area contributed by atoms with E-state index in [4.69, 9.17) is 0 Å². The third-order valence-electron chi connectivity index (χ3n) is 0. The van der Waals surface area contributed by atoms with E-state index in [1.807, 2.05) is 0 Å². The van der Waals surface area contributed by atoms with Gasteiger partial charge in [0.25, 0.3) is 0 Å². The second-order valence-electron chi connectivity index (χ2n) is 0. The molecule has 0 aromatic rings. The molecule has 0 saturated carbocycles. The van der Waals surface area contributed by atoms with Crippen LogP contribution >= 0.6 is 10.6 Å². The van der Waals surface area contributed by atoms with E-state index < -0.39 is 0 Å². The minimum absolute atomic E-state index is 1.75. The van der Waals surface area contributed by atoms with E-state index in [9.17, 15) is 3.55 Å². The van der Waals surface area contributed by atoms with Crippen molar-refractivity contribution in [2.24, 2.45) is 0 Å². The summed E-state index contributed by atoms with van der Waals surface area (Å²) in [6.07, 6.45) is 0. The first kappa shape index (κ1) is 8.95. The molecule has 0 nitrogen and oxygen atoms in total. The molecule has 0 aromatic carbocycles. The molecule has 0 rings (SSSR count). The topological polar surface area (TPSA) is 0 Å². The second kappa shape index (κ2) is 30.1. The molecule has 0 heterocycles. The van der Waals surface area contributed by atoms with Crippen LogP contribution in [0.3, 0.4) is 0 Å². The van der Waals surface area contributed by atoms with Gasteiger partial charge in [0.15, 0.2) is 0 Å². The number of halogens is 1. The second-order valence-corrected chi connectivity index (χ2v) is 0. The molecule has 29 valence electrons. The minimum atomic E-state index is 1.75. The average Bonchev–Trinajstić information content (AvgIpc) is 1.50. The Kier molecular flexibility index (Phi) is 67.5. The van der Waals surface area contributed by atoms with Crippen molar-refractivity contribution < 1.29 is 34.4 Å². The number of rotatable bonds is 0. The molecule has 0 bridgehead atoms. The summed E-state index contributed by atoms with van der Waals surface area (Å²) in [5.41, 5.74) is 0. The third kappa shape index (κ3) is 10.8. The summed E-state index contributed by atoms with van der Waals surface area (Å²) in [5.74, 6) is 0. The summed E-state index contributed by atoms with van der Waals surface area (Å²) in [5, 5.41) is 0. The van der Waals surface area contributed by atoms with Gasteiger partial charge in [0.2, 0.25) is 0 Å². The van der Waals surface area contributed by atoms with Crippen molar-refractivity contribution in [3.63, 3.8) is 0 Å². The van der Waals surface area contributed by atoms with Gasteiger partial charge in [0.05, 0.1) is 0 Å². The zero-order valence-electron chi connectivity index (χ0n) is 1.49. The molecule has 0 saturated heterocycles. The molecular formula is FFe2S. The zero-order chi connectivity index (χ0) is 4.00. The van der Waals surface area contributed by atoms with Crippen molar-refractivity contribution in [2.75, 3.05) is 0 Å². The van der Waals surface area contributed by atoms with Crippen LogP contribution in [-0.4, -0.2) is 0 Å². The Balaban J connectivity index is 0. The maximum absolute atomic E-state index is 9.25.